The minimum absolute atomic E-state index is 0.0388. The normalized spacial score (nSPS) is 26.7. The lowest BCUT2D eigenvalue weighted by atomic mass is 9.99. The number of piperidine rings is 1. The molecule has 2 atom stereocenters. The fourth-order valence-electron chi connectivity index (χ4n) is 3.40. The molecule has 2 unspecified atom stereocenters. The lowest BCUT2D eigenvalue weighted by Crippen LogP contribution is -2.47. The fraction of sp³-hybridized carbons (Fsp3) is 0.600. The van der Waals surface area contributed by atoms with Crippen LogP contribution in [-0.2, 0) is 10.0 Å². The molecule has 0 aromatic heterocycles. The number of rotatable bonds is 3. The quantitative estimate of drug-likeness (QED) is 0.829. The number of sulfonamides is 1. The Hall–Kier alpha value is -1.11. The van der Waals surface area contributed by atoms with E-state index in [1.165, 1.54) is 19.4 Å². The van der Waals surface area contributed by atoms with E-state index in [2.05, 4.69) is 9.62 Å². The Morgan fingerprint density at radius 2 is 2.10 bits per heavy atom. The summed E-state index contributed by atoms with van der Waals surface area (Å²) in [5.74, 6) is 0. The van der Waals surface area contributed by atoms with Crippen LogP contribution in [0.3, 0.4) is 0 Å². The van der Waals surface area contributed by atoms with Gasteiger partial charge in [0.2, 0.25) is 10.0 Å². The third-order valence-electron chi connectivity index (χ3n) is 4.70. The first kappa shape index (κ1) is 14.8. The molecule has 3 N–H and O–H groups in total. The molecule has 21 heavy (non-hydrogen) atoms. The third kappa shape index (κ3) is 3.07. The SMILES string of the molecule is Cc1ccc(S(=O)(=O)NC2CCN3CCCC3C2)cc1N. The van der Waals surface area contributed by atoms with Gasteiger partial charge in [-0.1, -0.05) is 6.07 Å². The maximum absolute atomic E-state index is 12.5. The van der Waals surface area contributed by atoms with Crippen LogP contribution in [-0.4, -0.2) is 38.5 Å². The number of nitrogens with two attached hydrogens (primary N) is 1. The Labute approximate surface area is 126 Å². The highest BCUT2D eigenvalue weighted by molar-refractivity contribution is 7.89. The van der Waals surface area contributed by atoms with Crippen LogP contribution < -0.4 is 10.5 Å². The number of anilines is 1. The summed E-state index contributed by atoms with van der Waals surface area (Å²) in [5.41, 5.74) is 7.24. The second-order valence-corrected chi connectivity index (χ2v) is 7.91. The molecule has 1 aromatic carbocycles. The number of hydrogen-bond acceptors (Lipinski definition) is 4. The Bertz CT molecular complexity index is 630. The van der Waals surface area contributed by atoms with Crippen molar-refractivity contribution >= 4 is 15.7 Å². The van der Waals surface area contributed by atoms with E-state index in [1.54, 1.807) is 18.2 Å². The highest BCUT2D eigenvalue weighted by Crippen LogP contribution is 2.28. The molecule has 6 heteroatoms. The topological polar surface area (TPSA) is 75.4 Å². The van der Waals surface area contributed by atoms with Crippen LogP contribution in [0.2, 0.25) is 0 Å². The zero-order valence-corrected chi connectivity index (χ0v) is 13.2. The summed E-state index contributed by atoms with van der Waals surface area (Å²) in [6.45, 7) is 4.03. The van der Waals surface area contributed by atoms with E-state index in [-0.39, 0.29) is 10.9 Å². The fourth-order valence-corrected chi connectivity index (χ4v) is 4.72. The summed E-state index contributed by atoms with van der Waals surface area (Å²) < 4.78 is 27.8. The van der Waals surface area contributed by atoms with Gasteiger partial charge in [-0.15, -0.1) is 0 Å². The van der Waals surface area contributed by atoms with Crippen LogP contribution >= 0.6 is 0 Å². The van der Waals surface area contributed by atoms with Crippen LogP contribution in [0.1, 0.15) is 31.2 Å². The maximum Gasteiger partial charge on any atom is 0.240 e. The number of benzene rings is 1. The van der Waals surface area contributed by atoms with Gasteiger partial charge in [-0.2, -0.15) is 0 Å². The molecule has 3 rings (SSSR count). The molecule has 0 aliphatic carbocycles. The summed E-state index contributed by atoms with van der Waals surface area (Å²) >= 11 is 0. The van der Waals surface area contributed by atoms with Crippen LogP contribution in [0, 0.1) is 6.92 Å². The van der Waals surface area contributed by atoms with Crippen LogP contribution in [0.5, 0.6) is 0 Å². The highest BCUT2D eigenvalue weighted by atomic mass is 32.2. The Morgan fingerprint density at radius 1 is 1.29 bits per heavy atom. The maximum atomic E-state index is 12.5. The number of nitrogens with zero attached hydrogens (tertiary/aromatic N) is 1. The van der Waals surface area contributed by atoms with Gasteiger partial charge in [0.1, 0.15) is 0 Å². The van der Waals surface area contributed by atoms with Gasteiger partial charge < -0.3 is 10.6 Å². The van der Waals surface area contributed by atoms with E-state index in [4.69, 9.17) is 5.73 Å². The second-order valence-electron chi connectivity index (χ2n) is 6.19. The Kier molecular flexibility index (Phi) is 3.94. The van der Waals surface area contributed by atoms with E-state index in [9.17, 15) is 8.42 Å². The summed E-state index contributed by atoms with van der Waals surface area (Å²) in [6, 6.07) is 5.51. The van der Waals surface area contributed by atoms with Crippen molar-refractivity contribution in [1.82, 2.24) is 9.62 Å². The van der Waals surface area contributed by atoms with Crippen LogP contribution in [0.25, 0.3) is 0 Å². The first-order valence-electron chi connectivity index (χ1n) is 7.58. The molecule has 0 saturated carbocycles. The largest absolute Gasteiger partial charge is 0.398 e. The lowest BCUT2D eigenvalue weighted by Gasteiger charge is -2.34. The van der Waals surface area contributed by atoms with E-state index in [0.29, 0.717) is 11.7 Å². The molecule has 2 heterocycles. The molecule has 5 nitrogen and oxygen atoms in total. The summed E-state index contributed by atoms with van der Waals surface area (Å²) in [5, 5.41) is 0. The van der Waals surface area contributed by atoms with Crippen molar-refractivity contribution in [2.75, 3.05) is 18.8 Å². The Balaban J connectivity index is 1.72. The summed E-state index contributed by atoms with van der Waals surface area (Å²) in [7, 11) is -3.48. The predicted octanol–water partition coefficient (Wildman–Crippen LogP) is 1.48. The first-order chi connectivity index (χ1) is 9.95. The summed E-state index contributed by atoms with van der Waals surface area (Å²) in [6.07, 6.45) is 4.23. The van der Waals surface area contributed by atoms with Gasteiger partial charge in [-0.25, -0.2) is 13.1 Å². The van der Waals surface area contributed by atoms with Gasteiger partial charge in [-0.3, -0.25) is 0 Å². The lowest BCUT2D eigenvalue weighted by molar-refractivity contribution is 0.176. The van der Waals surface area contributed by atoms with E-state index in [0.717, 1.165) is 24.9 Å². The van der Waals surface area contributed by atoms with Crippen molar-refractivity contribution in [2.24, 2.45) is 0 Å². The van der Waals surface area contributed by atoms with E-state index < -0.39 is 10.0 Å². The number of fused-ring (bicyclic) bond motifs is 1. The van der Waals surface area contributed by atoms with Crippen molar-refractivity contribution in [3.8, 4) is 0 Å². The average Bonchev–Trinajstić information content (AvgIpc) is 2.88. The number of aryl methyl sites for hydroxylation is 1. The molecule has 2 aliphatic rings. The average molecular weight is 309 g/mol. The molecule has 0 bridgehead atoms. The smallest absolute Gasteiger partial charge is 0.240 e. The summed E-state index contributed by atoms with van der Waals surface area (Å²) in [4.78, 5) is 2.74. The highest BCUT2D eigenvalue weighted by Gasteiger charge is 2.33. The van der Waals surface area contributed by atoms with Gasteiger partial charge >= 0.3 is 0 Å². The van der Waals surface area contributed by atoms with Crippen molar-refractivity contribution in [3.63, 3.8) is 0 Å². The van der Waals surface area contributed by atoms with Crippen molar-refractivity contribution in [2.45, 2.75) is 49.6 Å². The van der Waals surface area contributed by atoms with Crippen molar-refractivity contribution in [1.29, 1.82) is 0 Å². The minimum Gasteiger partial charge on any atom is -0.398 e. The molecule has 116 valence electrons. The molecule has 2 fully saturated rings. The molecular weight excluding hydrogens is 286 g/mol. The number of nitrogen functional groups attached to an aromatic ring is 1. The van der Waals surface area contributed by atoms with Gasteiger partial charge in [0, 0.05) is 17.8 Å². The van der Waals surface area contributed by atoms with Gasteiger partial charge in [0.05, 0.1) is 4.90 Å². The minimum atomic E-state index is -3.48. The van der Waals surface area contributed by atoms with Crippen LogP contribution in [0.15, 0.2) is 23.1 Å². The Morgan fingerprint density at radius 3 is 2.86 bits per heavy atom. The van der Waals surface area contributed by atoms with Crippen LogP contribution in [0.4, 0.5) is 5.69 Å². The van der Waals surface area contributed by atoms with Gasteiger partial charge in [0.25, 0.3) is 0 Å². The third-order valence-corrected chi connectivity index (χ3v) is 6.22. The monoisotopic (exact) mass is 309 g/mol. The zero-order chi connectivity index (χ0) is 15.0. The standard InChI is InChI=1S/C15H23N3O2S/c1-11-4-5-14(10-15(11)16)21(19,20)17-12-6-8-18-7-2-3-13(18)9-12/h4-5,10,12-13,17H,2-3,6-9,16H2,1H3. The second kappa shape index (κ2) is 5.59. The molecule has 1 aromatic rings. The molecule has 0 amide bonds. The van der Waals surface area contributed by atoms with Crippen molar-refractivity contribution < 1.29 is 8.42 Å². The van der Waals surface area contributed by atoms with Gasteiger partial charge in [0.15, 0.2) is 0 Å². The molecule has 0 spiro atoms. The zero-order valence-electron chi connectivity index (χ0n) is 12.4. The number of nitrogens with one attached hydrogen (secondary N) is 1. The number of hydrogen-bond donors (Lipinski definition) is 2. The molecule has 2 saturated heterocycles. The first-order valence-corrected chi connectivity index (χ1v) is 9.06. The van der Waals surface area contributed by atoms with E-state index >= 15 is 0 Å². The van der Waals surface area contributed by atoms with Gasteiger partial charge in [-0.05, 0) is 63.4 Å². The van der Waals surface area contributed by atoms with E-state index in [1.807, 2.05) is 6.92 Å². The molecule has 0 radical (unpaired) electrons. The molecular formula is C15H23N3O2S. The molecule has 2 aliphatic heterocycles. The van der Waals surface area contributed by atoms with Crippen molar-refractivity contribution in [3.05, 3.63) is 23.8 Å². The predicted molar refractivity (Wildman–Crippen MR) is 83.5 cm³/mol.